The van der Waals surface area contributed by atoms with E-state index >= 15 is 0 Å². The first-order valence-corrected chi connectivity index (χ1v) is 4.61. The second-order valence-electron chi connectivity index (χ2n) is 2.27. The van der Waals surface area contributed by atoms with Gasteiger partial charge in [-0.25, -0.2) is 12.8 Å². The molecule has 0 aliphatic carbocycles. The summed E-state index contributed by atoms with van der Waals surface area (Å²) in [4.78, 5) is 0. The summed E-state index contributed by atoms with van der Waals surface area (Å²) in [6.07, 6.45) is -3.51. The van der Waals surface area contributed by atoms with Gasteiger partial charge in [0.25, 0.3) is 0 Å². The maximum Gasteiger partial charge on any atom is 1.00 e. The fraction of sp³-hybridized carbons (Fsp3) is 1.00. The van der Waals surface area contributed by atoms with Crippen LogP contribution in [0.25, 0.3) is 0 Å². The molecule has 0 N–H and O–H groups in total. The van der Waals surface area contributed by atoms with Crippen LogP contribution in [0, 0.1) is 0 Å². The SMILES string of the molecule is CCCC(F)C(F)(F)S(=O)(=O)[O-].[Na+]. The van der Waals surface area contributed by atoms with Gasteiger partial charge >= 0.3 is 34.8 Å². The third-order valence-electron chi connectivity index (χ3n) is 1.24. The van der Waals surface area contributed by atoms with E-state index in [4.69, 9.17) is 0 Å². The first kappa shape index (κ1) is 16.1. The molecule has 0 aliphatic rings. The molecule has 3 nitrogen and oxygen atoms in total. The molecule has 0 aromatic rings. The minimum atomic E-state index is -5.88. The topological polar surface area (TPSA) is 57.2 Å². The molecule has 0 saturated heterocycles. The molecule has 0 saturated carbocycles. The van der Waals surface area contributed by atoms with Crippen molar-refractivity contribution in [1.29, 1.82) is 0 Å². The van der Waals surface area contributed by atoms with Gasteiger partial charge in [-0.2, -0.15) is 8.78 Å². The molecule has 0 fully saturated rings. The third-order valence-corrected chi connectivity index (χ3v) is 2.16. The Morgan fingerprint density at radius 3 is 2.08 bits per heavy atom. The third kappa shape index (κ3) is 4.16. The molecule has 0 heterocycles. The van der Waals surface area contributed by atoms with E-state index in [2.05, 4.69) is 0 Å². The first-order valence-electron chi connectivity index (χ1n) is 3.20. The predicted octanol–water partition coefficient (Wildman–Crippen LogP) is -1.73. The van der Waals surface area contributed by atoms with E-state index < -0.39 is 28.0 Å². The molecule has 0 rings (SSSR count). The Kier molecular flexibility index (Phi) is 6.89. The summed E-state index contributed by atoms with van der Waals surface area (Å²) in [6, 6.07) is 0. The second-order valence-corrected chi connectivity index (χ2v) is 3.72. The fourth-order valence-corrected chi connectivity index (χ4v) is 1.01. The molecular weight excluding hydrogens is 220 g/mol. The molecule has 0 bridgehead atoms. The van der Waals surface area contributed by atoms with Crippen LogP contribution in [0.1, 0.15) is 19.8 Å². The normalized spacial score (nSPS) is 14.8. The Morgan fingerprint density at radius 1 is 1.46 bits per heavy atom. The van der Waals surface area contributed by atoms with Crippen molar-refractivity contribution in [3.8, 4) is 0 Å². The van der Waals surface area contributed by atoms with Crippen molar-refractivity contribution in [2.45, 2.75) is 31.2 Å². The number of hydrogen-bond acceptors (Lipinski definition) is 3. The zero-order chi connectivity index (χ0) is 9.99. The van der Waals surface area contributed by atoms with E-state index in [1.807, 2.05) is 0 Å². The standard InChI is InChI=1S/C5H9F3O3S.Na/c1-2-3-4(6)5(7,8)12(9,10)11;/h4H,2-3H2,1H3,(H,9,10,11);/q;+1/p-1. The Labute approximate surface area is 96.7 Å². The quantitative estimate of drug-likeness (QED) is 0.424. The van der Waals surface area contributed by atoms with E-state index in [0.29, 0.717) is 0 Å². The van der Waals surface area contributed by atoms with E-state index in [9.17, 15) is 26.1 Å². The molecule has 0 aromatic heterocycles. The van der Waals surface area contributed by atoms with Crippen LogP contribution in [0.4, 0.5) is 13.2 Å². The second kappa shape index (κ2) is 5.55. The Hall–Kier alpha value is 0.700. The van der Waals surface area contributed by atoms with Crippen LogP contribution in [0.5, 0.6) is 0 Å². The Morgan fingerprint density at radius 2 is 1.85 bits per heavy atom. The molecule has 1 atom stereocenters. The van der Waals surface area contributed by atoms with Gasteiger partial charge in [0.05, 0.1) is 0 Å². The molecule has 0 radical (unpaired) electrons. The van der Waals surface area contributed by atoms with E-state index in [1.54, 1.807) is 0 Å². The van der Waals surface area contributed by atoms with E-state index in [0.717, 1.165) is 0 Å². The maximum absolute atomic E-state index is 12.3. The molecule has 74 valence electrons. The van der Waals surface area contributed by atoms with E-state index in [1.165, 1.54) is 6.92 Å². The molecule has 0 aliphatic heterocycles. The van der Waals surface area contributed by atoms with Gasteiger partial charge < -0.3 is 4.55 Å². The summed E-state index contributed by atoms with van der Waals surface area (Å²) in [6.45, 7) is 1.40. The van der Waals surface area contributed by atoms with Crippen LogP contribution < -0.4 is 29.6 Å². The summed E-state index contributed by atoms with van der Waals surface area (Å²) in [7, 11) is -5.88. The molecule has 0 aromatic carbocycles. The van der Waals surface area contributed by atoms with Gasteiger partial charge in [0.15, 0.2) is 16.3 Å². The Balaban J connectivity index is 0. The van der Waals surface area contributed by atoms with Crippen molar-refractivity contribution in [2.24, 2.45) is 0 Å². The van der Waals surface area contributed by atoms with Crippen molar-refractivity contribution < 1.29 is 55.7 Å². The van der Waals surface area contributed by atoms with Crippen LogP contribution in [0.2, 0.25) is 0 Å². The number of hydrogen-bond donors (Lipinski definition) is 0. The number of alkyl halides is 3. The van der Waals surface area contributed by atoms with Gasteiger partial charge in [0.2, 0.25) is 0 Å². The van der Waals surface area contributed by atoms with Gasteiger partial charge in [-0.05, 0) is 6.42 Å². The Bertz CT molecular complexity index is 241. The van der Waals surface area contributed by atoms with Crippen LogP contribution in [0.15, 0.2) is 0 Å². The van der Waals surface area contributed by atoms with Crippen molar-refractivity contribution >= 4 is 10.1 Å². The maximum atomic E-state index is 12.3. The summed E-state index contributed by atoms with van der Waals surface area (Å²) >= 11 is 0. The van der Waals surface area contributed by atoms with E-state index in [-0.39, 0.29) is 36.0 Å². The average molecular weight is 228 g/mol. The fourth-order valence-electron chi connectivity index (χ4n) is 0.578. The summed E-state index contributed by atoms with van der Waals surface area (Å²) in [5, 5.41) is -4.80. The first-order chi connectivity index (χ1) is 5.23. The zero-order valence-corrected chi connectivity index (χ0v) is 10.1. The summed E-state index contributed by atoms with van der Waals surface area (Å²) in [5.74, 6) is 0. The van der Waals surface area contributed by atoms with Crippen molar-refractivity contribution in [2.75, 3.05) is 0 Å². The predicted molar refractivity (Wildman–Crippen MR) is 34.4 cm³/mol. The molecule has 1 unspecified atom stereocenters. The van der Waals surface area contributed by atoms with Crippen molar-refractivity contribution in [1.82, 2.24) is 0 Å². The summed E-state index contributed by atoms with van der Waals surface area (Å²) in [5.41, 5.74) is 0. The average Bonchev–Trinajstić information content (AvgIpc) is 1.85. The van der Waals surface area contributed by atoms with Crippen LogP contribution in [-0.2, 0) is 10.1 Å². The largest absolute Gasteiger partial charge is 1.00 e. The van der Waals surface area contributed by atoms with Gasteiger partial charge in [0.1, 0.15) is 0 Å². The summed E-state index contributed by atoms with van der Waals surface area (Å²) < 4.78 is 66.3. The molecule has 0 spiro atoms. The number of halogens is 3. The molecule has 8 heteroatoms. The van der Waals surface area contributed by atoms with Gasteiger partial charge in [-0.3, -0.25) is 0 Å². The van der Waals surface area contributed by atoms with Crippen LogP contribution in [-0.4, -0.2) is 24.4 Å². The van der Waals surface area contributed by atoms with Gasteiger partial charge in [-0.15, -0.1) is 0 Å². The minimum absolute atomic E-state index is 0. The smallest absolute Gasteiger partial charge is 0.743 e. The minimum Gasteiger partial charge on any atom is -0.743 e. The zero-order valence-electron chi connectivity index (χ0n) is 7.26. The number of rotatable bonds is 4. The monoisotopic (exact) mass is 228 g/mol. The van der Waals surface area contributed by atoms with Crippen molar-refractivity contribution in [3.05, 3.63) is 0 Å². The molecular formula is C5H8F3NaO3S. The molecule has 13 heavy (non-hydrogen) atoms. The molecule has 0 amide bonds. The van der Waals surface area contributed by atoms with Crippen LogP contribution in [0.3, 0.4) is 0 Å². The van der Waals surface area contributed by atoms with Crippen LogP contribution >= 0.6 is 0 Å². The van der Waals surface area contributed by atoms with Gasteiger partial charge in [0, 0.05) is 0 Å². The van der Waals surface area contributed by atoms with Gasteiger partial charge in [-0.1, -0.05) is 13.3 Å². The van der Waals surface area contributed by atoms with Crippen molar-refractivity contribution in [3.63, 3.8) is 0 Å².